The molecule has 0 aromatic rings. The lowest BCUT2D eigenvalue weighted by Gasteiger charge is -2.27. The Balaban J connectivity index is 2.11. The van der Waals surface area contributed by atoms with Gasteiger partial charge >= 0.3 is 5.97 Å². The number of aliphatic carboxylic acids is 1. The molecule has 4 nitrogen and oxygen atoms in total. The zero-order valence-corrected chi connectivity index (χ0v) is 13.0. The standard InChI is InChI=1S/C16H31NO3/c1-2-3-4-5-6-7-8-15(16(18)19)9-10-17-11-13-20-14-12-17/h15H,2-14H2,1H3,(H,18,19). The van der Waals surface area contributed by atoms with E-state index in [0.29, 0.717) is 0 Å². The summed E-state index contributed by atoms with van der Waals surface area (Å²) in [5, 5.41) is 9.30. The van der Waals surface area contributed by atoms with Crippen molar-refractivity contribution < 1.29 is 14.6 Å². The molecular formula is C16H31NO3. The number of hydrogen-bond acceptors (Lipinski definition) is 3. The van der Waals surface area contributed by atoms with Crippen LogP contribution in [0.25, 0.3) is 0 Å². The van der Waals surface area contributed by atoms with Crippen LogP contribution < -0.4 is 0 Å². The number of rotatable bonds is 11. The van der Waals surface area contributed by atoms with E-state index in [1.807, 2.05) is 0 Å². The van der Waals surface area contributed by atoms with Crippen molar-refractivity contribution in [1.82, 2.24) is 4.90 Å². The maximum absolute atomic E-state index is 11.3. The summed E-state index contributed by atoms with van der Waals surface area (Å²) in [6.45, 7) is 6.58. The van der Waals surface area contributed by atoms with Gasteiger partial charge in [-0.15, -0.1) is 0 Å². The van der Waals surface area contributed by atoms with Gasteiger partial charge in [0.1, 0.15) is 0 Å². The third-order valence-corrected chi connectivity index (χ3v) is 4.15. The topological polar surface area (TPSA) is 49.8 Å². The third-order valence-electron chi connectivity index (χ3n) is 4.15. The molecule has 0 aliphatic carbocycles. The Morgan fingerprint density at radius 3 is 2.40 bits per heavy atom. The van der Waals surface area contributed by atoms with Gasteiger partial charge in [-0.25, -0.2) is 0 Å². The van der Waals surface area contributed by atoms with Crippen LogP contribution in [0.15, 0.2) is 0 Å². The fourth-order valence-electron chi connectivity index (χ4n) is 2.73. The Kier molecular flexibility index (Phi) is 9.67. The Morgan fingerprint density at radius 2 is 1.75 bits per heavy atom. The molecule has 0 spiro atoms. The fraction of sp³-hybridized carbons (Fsp3) is 0.938. The molecule has 0 saturated carbocycles. The Labute approximate surface area is 123 Å². The maximum Gasteiger partial charge on any atom is 0.306 e. The zero-order valence-electron chi connectivity index (χ0n) is 13.0. The highest BCUT2D eigenvalue weighted by Crippen LogP contribution is 2.16. The minimum Gasteiger partial charge on any atom is -0.481 e. The summed E-state index contributed by atoms with van der Waals surface area (Å²) < 4.78 is 5.31. The summed E-state index contributed by atoms with van der Waals surface area (Å²) >= 11 is 0. The van der Waals surface area contributed by atoms with Gasteiger partial charge in [-0.2, -0.15) is 0 Å². The van der Waals surface area contributed by atoms with Crippen molar-refractivity contribution in [2.75, 3.05) is 32.8 Å². The number of carbonyl (C=O) groups is 1. The second-order valence-corrected chi connectivity index (χ2v) is 5.83. The molecule has 0 aromatic carbocycles. The average Bonchev–Trinajstić information content (AvgIpc) is 2.46. The first kappa shape index (κ1) is 17.4. The van der Waals surface area contributed by atoms with Gasteiger partial charge in [0.2, 0.25) is 0 Å². The number of hydrogen-bond donors (Lipinski definition) is 1. The van der Waals surface area contributed by atoms with Crippen molar-refractivity contribution in [2.24, 2.45) is 5.92 Å². The normalized spacial score (nSPS) is 18.1. The second kappa shape index (κ2) is 11.1. The number of ether oxygens (including phenoxy) is 1. The molecule has 1 atom stereocenters. The van der Waals surface area contributed by atoms with Crippen LogP contribution in [-0.2, 0) is 9.53 Å². The van der Waals surface area contributed by atoms with Gasteiger partial charge in [-0.1, -0.05) is 45.4 Å². The van der Waals surface area contributed by atoms with E-state index in [2.05, 4.69) is 11.8 Å². The van der Waals surface area contributed by atoms with Crippen molar-refractivity contribution in [3.05, 3.63) is 0 Å². The van der Waals surface area contributed by atoms with E-state index in [1.165, 1.54) is 32.1 Å². The van der Waals surface area contributed by atoms with Crippen molar-refractivity contribution in [2.45, 2.75) is 58.3 Å². The first-order valence-electron chi connectivity index (χ1n) is 8.27. The molecule has 0 aromatic heterocycles. The average molecular weight is 285 g/mol. The molecule has 1 unspecified atom stereocenters. The van der Waals surface area contributed by atoms with E-state index < -0.39 is 5.97 Å². The Morgan fingerprint density at radius 1 is 1.10 bits per heavy atom. The van der Waals surface area contributed by atoms with E-state index in [9.17, 15) is 9.90 Å². The maximum atomic E-state index is 11.3. The summed E-state index contributed by atoms with van der Waals surface area (Å²) in [4.78, 5) is 13.6. The van der Waals surface area contributed by atoms with Crippen LogP contribution >= 0.6 is 0 Å². The summed E-state index contributed by atoms with van der Waals surface area (Å²) in [5.74, 6) is -0.782. The van der Waals surface area contributed by atoms with Crippen LogP contribution in [0.3, 0.4) is 0 Å². The van der Waals surface area contributed by atoms with E-state index in [-0.39, 0.29) is 5.92 Å². The molecule has 4 heteroatoms. The monoisotopic (exact) mass is 285 g/mol. The molecule has 1 aliphatic heterocycles. The van der Waals surface area contributed by atoms with Crippen LogP contribution in [0.5, 0.6) is 0 Å². The fourth-order valence-corrected chi connectivity index (χ4v) is 2.73. The predicted octanol–water partition coefficient (Wildman–Crippen LogP) is 3.16. The molecule has 1 heterocycles. The lowest BCUT2D eigenvalue weighted by molar-refractivity contribution is -0.142. The number of nitrogens with zero attached hydrogens (tertiary/aromatic N) is 1. The molecule has 0 bridgehead atoms. The molecule has 118 valence electrons. The lowest BCUT2D eigenvalue weighted by Crippen LogP contribution is -2.38. The molecule has 0 amide bonds. The highest BCUT2D eigenvalue weighted by Gasteiger charge is 2.19. The largest absolute Gasteiger partial charge is 0.481 e. The van der Waals surface area contributed by atoms with Gasteiger partial charge in [0.05, 0.1) is 19.1 Å². The quantitative estimate of drug-likeness (QED) is 0.592. The van der Waals surface area contributed by atoms with E-state index in [0.717, 1.165) is 52.1 Å². The van der Waals surface area contributed by atoms with Crippen LogP contribution in [0.2, 0.25) is 0 Å². The molecule has 0 radical (unpaired) electrons. The second-order valence-electron chi connectivity index (χ2n) is 5.83. The molecule has 1 N–H and O–H groups in total. The van der Waals surface area contributed by atoms with Crippen LogP contribution in [0.4, 0.5) is 0 Å². The minimum absolute atomic E-state index is 0.163. The zero-order chi connectivity index (χ0) is 14.6. The highest BCUT2D eigenvalue weighted by atomic mass is 16.5. The van der Waals surface area contributed by atoms with Crippen molar-refractivity contribution >= 4 is 5.97 Å². The Bertz CT molecular complexity index is 252. The SMILES string of the molecule is CCCCCCCCC(CCN1CCOCC1)C(=O)O. The highest BCUT2D eigenvalue weighted by molar-refractivity contribution is 5.69. The summed E-state index contributed by atoms with van der Waals surface area (Å²) in [6.07, 6.45) is 8.98. The number of carboxylic acid groups (broad SMARTS) is 1. The molecule has 1 rings (SSSR count). The number of carboxylic acids is 1. The summed E-state index contributed by atoms with van der Waals surface area (Å²) in [7, 11) is 0. The number of morpholine rings is 1. The molecule has 1 saturated heterocycles. The molecular weight excluding hydrogens is 254 g/mol. The predicted molar refractivity (Wildman–Crippen MR) is 81.0 cm³/mol. The van der Waals surface area contributed by atoms with E-state index in [4.69, 9.17) is 4.74 Å². The Hall–Kier alpha value is -0.610. The van der Waals surface area contributed by atoms with Crippen LogP contribution in [0, 0.1) is 5.92 Å². The van der Waals surface area contributed by atoms with Crippen molar-refractivity contribution in [3.8, 4) is 0 Å². The molecule has 20 heavy (non-hydrogen) atoms. The van der Waals surface area contributed by atoms with Gasteiger partial charge < -0.3 is 9.84 Å². The molecule has 1 aliphatic rings. The lowest BCUT2D eigenvalue weighted by atomic mass is 9.97. The van der Waals surface area contributed by atoms with Crippen LogP contribution in [-0.4, -0.2) is 48.8 Å². The van der Waals surface area contributed by atoms with Crippen LogP contribution in [0.1, 0.15) is 58.3 Å². The van der Waals surface area contributed by atoms with Gasteiger partial charge in [-0.3, -0.25) is 9.69 Å². The van der Waals surface area contributed by atoms with Gasteiger partial charge in [-0.05, 0) is 19.4 Å². The van der Waals surface area contributed by atoms with Crippen molar-refractivity contribution in [3.63, 3.8) is 0 Å². The summed E-state index contributed by atoms with van der Waals surface area (Å²) in [6, 6.07) is 0. The van der Waals surface area contributed by atoms with Gasteiger partial charge in [0, 0.05) is 13.1 Å². The third kappa shape index (κ3) is 7.85. The van der Waals surface area contributed by atoms with Gasteiger partial charge in [0.25, 0.3) is 0 Å². The molecule has 1 fully saturated rings. The number of unbranched alkanes of at least 4 members (excludes halogenated alkanes) is 5. The first-order chi connectivity index (χ1) is 9.74. The minimum atomic E-state index is -0.619. The van der Waals surface area contributed by atoms with E-state index in [1.54, 1.807) is 0 Å². The van der Waals surface area contributed by atoms with Gasteiger partial charge in [0.15, 0.2) is 0 Å². The first-order valence-corrected chi connectivity index (χ1v) is 8.27. The van der Waals surface area contributed by atoms with Crippen molar-refractivity contribution in [1.29, 1.82) is 0 Å². The van der Waals surface area contributed by atoms with E-state index >= 15 is 0 Å². The summed E-state index contributed by atoms with van der Waals surface area (Å²) in [5.41, 5.74) is 0. The smallest absolute Gasteiger partial charge is 0.306 e.